The summed E-state index contributed by atoms with van der Waals surface area (Å²) in [6, 6.07) is 3.99. The molecule has 1 aliphatic rings. The average Bonchev–Trinajstić information content (AvgIpc) is 3.06. The topological polar surface area (TPSA) is 62.5 Å². The van der Waals surface area contributed by atoms with Crippen molar-refractivity contribution in [3.05, 3.63) is 42.4 Å². The molecule has 0 amide bonds. The molecule has 1 fully saturated rings. The second-order valence-corrected chi connectivity index (χ2v) is 7.54. The molecule has 1 saturated heterocycles. The van der Waals surface area contributed by atoms with Crippen molar-refractivity contribution in [2.45, 2.75) is 26.2 Å². The fourth-order valence-corrected chi connectivity index (χ4v) is 3.09. The van der Waals surface area contributed by atoms with E-state index in [0.717, 1.165) is 30.2 Å². The van der Waals surface area contributed by atoms with Crippen LogP contribution in [0.2, 0.25) is 0 Å². The molecule has 0 aliphatic carbocycles. The van der Waals surface area contributed by atoms with Crippen molar-refractivity contribution in [1.29, 1.82) is 0 Å². The van der Waals surface area contributed by atoms with Gasteiger partial charge in [-0.15, -0.1) is 5.10 Å². The van der Waals surface area contributed by atoms with Gasteiger partial charge in [0.05, 0.1) is 18.1 Å². The number of nitrogens with zero attached hydrogens (tertiary/aromatic N) is 7. The largest absolute Gasteiger partial charge is 0.352 e. The molecule has 26 heavy (non-hydrogen) atoms. The van der Waals surface area contributed by atoms with E-state index < -0.39 is 0 Å². The zero-order valence-electron chi connectivity index (χ0n) is 15.2. The smallest absolute Gasteiger partial charge is 0.183 e. The number of hydrogen-bond donors (Lipinski definition) is 0. The average molecular weight is 355 g/mol. The first kappa shape index (κ1) is 16.7. The van der Waals surface area contributed by atoms with Crippen LogP contribution in [0.1, 0.15) is 26.5 Å². The van der Waals surface area contributed by atoms with E-state index in [4.69, 9.17) is 5.10 Å². The summed E-state index contributed by atoms with van der Waals surface area (Å²) < 4.78 is 15.7. The van der Waals surface area contributed by atoms with Gasteiger partial charge in [0.2, 0.25) is 0 Å². The summed E-state index contributed by atoms with van der Waals surface area (Å²) in [5, 5.41) is 4.71. The number of aromatic nitrogens is 5. The predicted molar refractivity (Wildman–Crippen MR) is 98.1 cm³/mol. The van der Waals surface area contributed by atoms with Gasteiger partial charge in [-0.1, -0.05) is 20.8 Å². The SMILES string of the molecule is CC(C)(C)c1cn2nc(N3CCN(c4ncncc4F)CC3)ccc2n1. The Morgan fingerprint density at radius 3 is 2.46 bits per heavy atom. The molecule has 0 unspecified atom stereocenters. The van der Waals surface area contributed by atoms with Gasteiger partial charge in [-0.25, -0.2) is 23.9 Å². The first-order chi connectivity index (χ1) is 12.4. The number of halogens is 1. The highest BCUT2D eigenvalue weighted by Gasteiger charge is 2.22. The molecule has 136 valence electrons. The van der Waals surface area contributed by atoms with Crippen molar-refractivity contribution in [1.82, 2.24) is 24.6 Å². The number of fused-ring (bicyclic) bond motifs is 1. The molecule has 0 saturated carbocycles. The van der Waals surface area contributed by atoms with Gasteiger partial charge in [0.1, 0.15) is 12.1 Å². The van der Waals surface area contributed by atoms with Crippen molar-refractivity contribution < 1.29 is 4.39 Å². The summed E-state index contributed by atoms with van der Waals surface area (Å²) in [5.74, 6) is 0.888. The van der Waals surface area contributed by atoms with E-state index in [1.807, 2.05) is 27.7 Å². The lowest BCUT2D eigenvalue weighted by Gasteiger charge is -2.35. The van der Waals surface area contributed by atoms with Crippen LogP contribution in [0, 0.1) is 5.82 Å². The summed E-state index contributed by atoms with van der Waals surface area (Å²) in [4.78, 5) is 16.6. The maximum Gasteiger partial charge on any atom is 0.183 e. The number of rotatable bonds is 2. The number of hydrogen-bond acceptors (Lipinski definition) is 6. The first-order valence-corrected chi connectivity index (χ1v) is 8.74. The highest BCUT2D eigenvalue weighted by atomic mass is 19.1. The number of anilines is 2. The van der Waals surface area contributed by atoms with E-state index in [0.29, 0.717) is 18.9 Å². The molecule has 0 radical (unpaired) electrons. The second-order valence-electron chi connectivity index (χ2n) is 7.54. The standard InChI is InChI=1S/C18H22FN7/c1-18(2,3)14-11-26-15(22-14)4-5-16(23-26)24-6-8-25(9-7-24)17-13(19)10-20-12-21-17/h4-5,10-12H,6-9H2,1-3H3. The van der Waals surface area contributed by atoms with Crippen molar-refractivity contribution in [2.75, 3.05) is 36.0 Å². The first-order valence-electron chi connectivity index (χ1n) is 8.74. The molecule has 0 atom stereocenters. The molecular weight excluding hydrogens is 333 g/mol. The van der Waals surface area contributed by atoms with Gasteiger partial charge < -0.3 is 9.80 Å². The van der Waals surface area contributed by atoms with Gasteiger partial charge in [-0.05, 0) is 12.1 Å². The van der Waals surface area contributed by atoms with E-state index in [1.165, 1.54) is 12.5 Å². The maximum absolute atomic E-state index is 13.9. The molecule has 0 N–H and O–H groups in total. The third kappa shape index (κ3) is 3.07. The normalized spacial score (nSPS) is 15.7. The molecule has 8 heteroatoms. The summed E-state index contributed by atoms with van der Waals surface area (Å²) in [6.07, 6.45) is 4.58. The summed E-state index contributed by atoms with van der Waals surface area (Å²) in [5.41, 5.74) is 1.85. The van der Waals surface area contributed by atoms with Crippen LogP contribution in [0.4, 0.5) is 16.0 Å². The van der Waals surface area contributed by atoms with Crippen molar-refractivity contribution >= 4 is 17.3 Å². The van der Waals surface area contributed by atoms with Gasteiger partial charge in [-0.2, -0.15) is 0 Å². The Morgan fingerprint density at radius 2 is 1.77 bits per heavy atom. The van der Waals surface area contributed by atoms with Crippen LogP contribution in [0.15, 0.2) is 30.9 Å². The van der Waals surface area contributed by atoms with Gasteiger partial charge in [0.15, 0.2) is 17.3 Å². The third-order valence-electron chi connectivity index (χ3n) is 4.63. The molecule has 0 bridgehead atoms. The molecule has 7 nitrogen and oxygen atoms in total. The lowest BCUT2D eigenvalue weighted by molar-refractivity contribution is 0.572. The van der Waals surface area contributed by atoms with E-state index in [-0.39, 0.29) is 11.2 Å². The summed E-state index contributed by atoms with van der Waals surface area (Å²) in [6.45, 7) is 9.30. The van der Waals surface area contributed by atoms with Crippen LogP contribution < -0.4 is 9.80 Å². The minimum absolute atomic E-state index is 0.0128. The molecule has 4 heterocycles. The van der Waals surface area contributed by atoms with Crippen LogP contribution in [-0.2, 0) is 5.41 Å². The molecule has 3 aromatic rings. The van der Waals surface area contributed by atoms with Gasteiger partial charge in [0, 0.05) is 31.6 Å². The summed E-state index contributed by atoms with van der Waals surface area (Å²) >= 11 is 0. The van der Waals surface area contributed by atoms with Gasteiger partial charge in [0.25, 0.3) is 0 Å². The Kier molecular flexibility index (Phi) is 3.97. The van der Waals surface area contributed by atoms with Gasteiger partial charge >= 0.3 is 0 Å². The zero-order valence-corrected chi connectivity index (χ0v) is 15.2. The fraction of sp³-hybridized carbons (Fsp3) is 0.444. The van der Waals surface area contributed by atoms with Crippen molar-refractivity contribution in [2.24, 2.45) is 0 Å². The monoisotopic (exact) mass is 355 g/mol. The maximum atomic E-state index is 13.9. The van der Waals surface area contributed by atoms with Crippen molar-refractivity contribution in [3.8, 4) is 0 Å². The molecule has 4 rings (SSSR count). The molecule has 1 aliphatic heterocycles. The van der Waals surface area contributed by atoms with Crippen LogP contribution >= 0.6 is 0 Å². The lowest BCUT2D eigenvalue weighted by Crippen LogP contribution is -2.47. The summed E-state index contributed by atoms with van der Waals surface area (Å²) in [7, 11) is 0. The van der Waals surface area contributed by atoms with Crippen LogP contribution in [0.5, 0.6) is 0 Å². The Balaban J connectivity index is 1.51. The molecule has 0 spiro atoms. The minimum atomic E-state index is -0.381. The van der Waals surface area contributed by atoms with Crippen molar-refractivity contribution in [3.63, 3.8) is 0 Å². The van der Waals surface area contributed by atoms with Crippen LogP contribution in [0.3, 0.4) is 0 Å². The quantitative estimate of drug-likeness (QED) is 0.703. The van der Waals surface area contributed by atoms with E-state index in [2.05, 4.69) is 40.6 Å². The Bertz CT molecular complexity index is 923. The van der Waals surface area contributed by atoms with E-state index in [1.54, 1.807) is 0 Å². The van der Waals surface area contributed by atoms with Crippen LogP contribution in [0.25, 0.3) is 5.65 Å². The Hall–Kier alpha value is -2.77. The third-order valence-corrected chi connectivity index (χ3v) is 4.63. The zero-order chi connectivity index (χ0) is 18.3. The highest BCUT2D eigenvalue weighted by molar-refractivity contribution is 5.49. The van der Waals surface area contributed by atoms with E-state index >= 15 is 0 Å². The minimum Gasteiger partial charge on any atom is -0.352 e. The Labute approximate surface area is 151 Å². The predicted octanol–water partition coefficient (Wildman–Crippen LogP) is 2.28. The second kappa shape index (κ2) is 6.19. The highest BCUT2D eigenvalue weighted by Crippen LogP contribution is 2.23. The Morgan fingerprint density at radius 1 is 1.04 bits per heavy atom. The van der Waals surface area contributed by atoms with E-state index in [9.17, 15) is 4.39 Å². The van der Waals surface area contributed by atoms with Gasteiger partial charge in [-0.3, -0.25) is 0 Å². The number of piperazine rings is 1. The molecule has 3 aromatic heterocycles. The molecule has 0 aromatic carbocycles. The fourth-order valence-electron chi connectivity index (χ4n) is 3.09. The lowest BCUT2D eigenvalue weighted by atomic mass is 9.93. The molecular formula is C18H22FN7. The number of imidazole rings is 1. The van der Waals surface area contributed by atoms with Crippen LogP contribution in [-0.4, -0.2) is 50.7 Å².